The smallest absolute Gasteiger partial charge is 0.265 e. The maximum Gasteiger partial charge on any atom is 0.265 e. The Bertz CT molecular complexity index is 1100. The second-order valence-corrected chi connectivity index (χ2v) is 7.29. The van der Waals surface area contributed by atoms with Crippen LogP contribution in [0.3, 0.4) is 0 Å². The van der Waals surface area contributed by atoms with Crippen LogP contribution in [0.1, 0.15) is 23.7 Å². The summed E-state index contributed by atoms with van der Waals surface area (Å²) >= 11 is 0. The van der Waals surface area contributed by atoms with Gasteiger partial charge in [-0.15, -0.1) is 0 Å². The number of likely N-dealkylation sites (N-methyl/N-ethyl adjacent to an activating group) is 1. The number of Topliss-reactive ketones (excluding diaryl/α,β-unsaturated/α-hetero) is 1. The van der Waals surface area contributed by atoms with Crippen molar-refractivity contribution in [1.29, 1.82) is 0 Å². The number of benzene rings is 2. The van der Waals surface area contributed by atoms with Gasteiger partial charge in [0.05, 0.1) is 11.4 Å². The second-order valence-electron chi connectivity index (χ2n) is 7.29. The highest BCUT2D eigenvalue weighted by Crippen LogP contribution is 2.34. The van der Waals surface area contributed by atoms with Gasteiger partial charge in [0, 0.05) is 37.3 Å². The van der Waals surface area contributed by atoms with E-state index in [0.717, 1.165) is 0 Å². The Kier molecular flexibility index (Phi) is 5.33. The summed E-state index contributed by atoms with van der Waals surface area (Å²) in [6.45, 7) is 1.41. The van der Waals surface area contributed by atoms with E-state index in [0.29, 0.717) is 34.1 Å². The number of nitrogens with one attached hydrogen (secondary N) is 1. The molecule has 0 aromatic heterocycles. The summed E-state index contributed by atoms with van der Waals surface area (Å²) in [5, 5.41) is 2.78. The van der Waals surface area contributed by atoms with Crippen molar-refractivity contribution in [2.75, 3.05) is 41.9 Å². The Balaban J connectivity index is 1.44. The van der Waals surface area contributed by atoms with E-state index in [1.165, 1.54) is 16.7 Å². The van der Waals surface area contributed by atoms with Gasteiger partial charge in [0.15, 0.2) is 19.0 Å². The highest BCUT2D eigenvalue weighted by molar-refractivity contribution is 6.02. The van der Waals surface area contributed by atoms with Crippen LogP contribution in [0.25, 0.3) is 0 Å². The van der Waals surface area contributed by atoms with E-state index in [-0.39, 0.29) is 49.7 Å². The average Bonchev–Trinajstić information content (AvgIpc) is 2.75. The number of rotatable bonds is 5. The lowest BCUT2D eigenvalue weighted by Crippen LogP contribution is -2.40. The average molecular weight is 423 g/mol. The van der Waals surface area contributed by atoms with Crippen LogP contribution in [0, 0.1) is 0 Å². The number of nitrogens with zero attached hydrogens (tertiary/aromatic N) is 2. The van der Waals surface area contributed by atoms with Crippen LogP contribution < -0.4 is 24.6 Å². The molecule has 0 radical (unpaired) electrons. The number of hydrogen-bond donors (Lipinski definition) is 1. The van der Waals surface area contributed by atoms with E-state index in [4.69, 9.17) is 9.47 Å². The lowest BCUT2D eigenvalue weighted by atomic mass is 10.1. The molecule has 1 N–H and O–H groups in total. The van der Waals surface area contributed by atoms with Crippen molar-refractivity contribution in [2.24, 2.45) is 0 Å². The topological polar surface area (TPSA) is 105 Å². The van der Waals surface area contributed by atoms with Crippen LogP contribution in [0.15, 0.2) is 36.4 Å². The van der Waals surface area contributed by atoms with Gasteiger partial charge in [0.25, 0.3) is 11.8 Å². The van der Waals surface area contributed by atoms with E-state index in [1.54, 1.807) is 43.4 Å². The third-order valence-corrected chi connectivity index (χ3v) is 5.20. The minimum atomic E-state index is -0.288. The Morgan fingerprint density at radius 1 is 0.968 bits per heavy atom. The van der Waals surface area contributed by atoms with Gasteiger partial charge in [-0.25, -0.2) is 0 Å². The third-order valence-electron chi connectivity index (χ3n) is 5.20. The highest BCUT2D eigenvalue weighted by Gasteiger charge is 2.27. The number of ether oxygens (including phenoxy) is 2. The molecule has 0 spiro atoms. The number of carbonyl (C=O) groups excluding carboxylic acids is 4. The molecule has 2 aromatic carbocycles. The molecule has 0 saturated heterocycles. The van der Waals surface area contributed by atoms with E-state index in [2.05, 4.69) is 5.32 Å². The van der Waals surface area contributed by atoms with Crippen molar-refractivity contribution in [3.05, 3.63) is 42.0 Å². The Hall–Kier alpha value is -3.88. The van der Waals surface area contributed by atoms with Gasteiger partial charge in [-0.2, -0.15) is 0 Å². The molecule has 160 valence electrons. The van der Waals surface area contributed by atoms with Crippen molar-refractivity contribution >= 4 is 40.6 Å². The second kappa shape index (κ2) is 8.10. The molecule has 0 aliphatic carbocycles. The molecule has 2 heterocycles. The molecule has 0 atom stereocenters. The maximum absolute atomic E-state index is 12.5. The summed E-state index contributed by atoms with van der Waals surface area (Å²) in [7, 11) is 1.66. The fourth-order valence-electron chi connectivity index (χ4n) is 3.46. The molecule has 9 nitrogen and oxygen atoms in total. The third kappa shape index (κ3) is 4.07. The summed E-state index contributed by atoms with van der Waals surface area (Å²) in [6, 6.07) is 9.94. The summed E-state index contributed by atoms with van der Waals surface area (Å²) in [5.74, 6) is 0.164. The van der Waals surface area contributed by atoms with Crippen LogP contribution in [-0.4, -0.2) is 50.3 Å². The van der Waals surface area contributed by atoms with E-state index >= 15 is 0 Å². The van der Waals surface area contributed by atoms with Gasteiger partial charge >= 0.3 is 0 Å². The van der Waals surface area contributed by atoms with Gasteiger partial charge in [-0.1, -0.05) is 0 Å². The lowest BCUT2D eigenvalue weighted by molar-refractivity contribution is -0.122. The number of hydrogen-bond acceptors (Lipinski definition) is 6. The first kappa shape index (κ1) is 20.4. The van der Waals surface area contributed by atoms with Crippen molar-refractivity contribution in [2.45, 2.75) is 13.3 Å². The standard InChI is InChI=1S/C22H21N3O6/c1-13(26)14-3-6-18-17(9-14)25(22(29)12-30-18)8-7-20(27)23-15-4-5-16-19(10-15)31-11-21(28)24(16)2/h3-6,9-10H,7-8,11-12H2,1-2H3,(H,23,27). The molecule has 9 heteroatoms. The lowest BCUT2D eigenvalue weighted by Gasteiger charge is -2.29. The number of amides is 3. The first-order valence-electron chi connectivity index (χ1n) is 9.75. The van der Waals surface area contributed by atoms with Crippen molar-refractivity contribution < 1.29 is 28.7 Å². The van der Waals surface area contributed by atoms with Crippen LogP contribution in [0.4, 0.5) is 17.1 Å². The van der Waals surface area contributed by atoms with E-state index < -0.39 is 0 Å². The zero-order chi connectivity index (χ0) is 22.1. The van der Waals surface area contributed by atoms with Crippen LogP contribution in [-0.2, 0) is 14.4 Å². The van der Waals surface area contributed by atoms with E-state index in [1.807, 2.05) is 0 Å². The zero-order valence-corrected chi connectivity index (χ0v) is 17.1. The van der Waals surface area contributed by atoms with Crippen molar-refractivity contribution in [3.8, 4) is 11.5 Å². The fourth-order valence-corrected chi connectivity index (χ4v) is 3.46. The fraction of sp³-hybridized carbons (Fsp3) is 0.273. The van der Waals surface area contributed by atoms with Crippen molar-refractivity contribution in [3.63, 3.8) is 0 Å². The van der Waals surface area contributed by atoms with Crippen LogP contribution >= 0.6 is 0 Å². The molecular formula is C22H21N3O6. The van der Waals surface area contributed by atoms with Crippen molar-refractivity contribution in [1.82, 2.24) is 0 Å². The molecule has 2 aromatic rings. The van der Waals surface area contributed by atoms with E-state index in [9.17, 15) is 19.2 Å². The predicted octanol–water partition coefficient (Wildman–Crippen LogP) is 2.00. The molecule has 0 unspecified atom stereocenters. The maximum atomic E-state index is 12.5. The molecule has 3 amide bonds. The number of anilines is 3. The Morgan fingerprint density at radius 3 is 2.48 bits per heavy atom. The molecule has 4 rings (SSSR count). The molecular weight excluding hydrogens is 402 g/mol. The summed E-state index contributed by atoms with van der Waals surface area (Å²) in [6.07, 6.45) is 0.0474. The largest absolute Gasteiger partial charge is 0.482 e. The van der Waals surface area contributed by atoms with Gasteiger partial charge in [0.1, 0.15) is 11.5 Å². The normalized spacial score (nSPS) is 14.9. The molecule has 2 aliphatic rings. The zero-order valence-electron chi connectivity index (χ0n) is 17.1. The van der Waals surface area contributed by atoms with Gasteiger partial charge < -0.3 is 24.6 Å². The highest BCUT2D eigenvalue weighted by atomic mass is 16.5. The summed E-state index contributed by atoms with van der Waals surface area (Å²) in [5.41, 5.74) is 2.10. The number of ketones is 1. The minimum absolute atomic E-state index is 0.0474. The molecule has 31 heavy (non-hydrogen) atoms. The van der Waals surface area contributed by atoms with Gasteiger partial charge in [-0.05, 0) is 37.3 Å². The van der Waals surface area contributed by atoms with Crippen LogP contribution in [0.5, 0.6) is 11.5 Å². The molecule has 0 saturated carbocycles. The summed E-state index contributed by atoms with van der Waals surface area (Å²) < 4.78 is 10.9. The SMILES string of the molecule is CC(=O)c1ccc2c(c1)N(CCC(=O)Nc1ccc3c(c1)OCC(=O)N3C)C(=O)CO2. The minimum Gasteiger partial charge on any atom is -0.482 e. The predicted molar refractivity (Wildman–Crippen MR) is 113 cm³/mol. The molecule has 0 bridgehead atoms. The first-order valence-corrected chi connectivity index (χ1v) is 9.75. The number of carbonyl (C=O) groups is 4. The van der Waals surface area contributed by atoms with Gasteiger partial charge in [0.2, 0.25) is 5.91 Å². The Labute approximate surface area is 178 Å². The Morgan fingerprint density at radius 2 is 1.71 bits per heavy atom. The van der Waals surface area contributed by atoms with Gasteiger partial charge in [-0.3, -0.25) is 19.2 Å². The van der Waals surface area contributed by atoms with Crippen LogP contribution in [0.2, 0.25) is 0 Å². The number of fused-ring (bicyclic) bond motifs is 2. The molecule has 2 aliphatic heterocycles. The molecule has 0 fully saturated rings. The monoisotopic (exact) mass is 423 g/mol. The quantitative estimate of drug-likeness (QED) is 0.738. The first-order chi connectivity index (χ1) is 14.8. The summed E-state index contributed by atoms with van der Waals surface area (Å²) in [4.78, 5) is 51.2.